The van der Waals surface area contributed by atoms with Crippen molar-refractivity contribution in [2.24, 2.45) is 0 Å². The summed E-state index contributed by atoms with van der Waals surface area (Å²) in [5.74, 6) is 1.19. The average Bonchev–Trinajstić information content (AvgIpc) is 3.39. The van der Waals surface area contributed by atoms with Gasteiger partial charge in [0.1, 0.15) is 5.75 Å². The molecule has 1 fully saturated rings. The van der Waals surface area contributed by atoms with Gasteiger partial charge in [-0.15, -0.1) is 5.10 Å². The monoisotopic (exact) mass is 521 g/mol. The average molecular weight is 522 g/mol. The number of anilines is 1. The molecule has 2 N–H and O–H groups in total. The van der Waals surface area contributed by atoms with E-state index in [0.717, 1.165) is 11.1 Å². The van der Waals surface area contributed by atoms with Gasteiger partial charge in [0.25, 0.3) is 5.91 Å². The summed E-state index contributed by atoms with van der Waals surface area (Å²) < 4.78 is 7.26. The number of nitrogens with one attached hydrogen (secondary N) is 1. The zero-order chi connectivity index (χ0) is 26.6. The third-order valence-electron chi connectivity index (χ3n) is 6.60. The minimum atomic E-state index is -0.129. The normalized spacial score (nSPS) is 13.5. The SMILES string of the molecule is O=C(NCc1ccccc1)c1ccc(Cn2nnc3c(N4CCOCC4)nc(-c4cccc(O)c4)nc32)cc1. The van der Waals surface area contributed by atoms with E-state index in [9.17, 15) is 9.90 Å². The molecular formula is C29H27N7O3. The number of aromatic hydroxyl groups is 1. The lowest BCUT2D eigenvalue weighted by Gasteiger charge is -2.28. The highest BCUT2D eigenvalue weighted by Gasteiger charge is 2.22. The van der Waals surface area contributed by atoms with Crippen LogP contribution in [0.15, 0.2) is 78.9 Å². The van der Waals surface area contributed by atoms with E-state index in [4.69, 9.17) is 14.7 Å². The molecule has 3 heterocycles. The number of benzene rings is 3. The first-order chi connectivity index (χ1) is 19.1. The Morgan fingerprint density at radius 2 is 1.72 bits per heavy atom. The summed E-state index contributed by atoms with van der Waals surface area (Å²) in [4.78, 5) is 24.4. The van der Waals surface area contributed by atoms with Gasteiger partial charge in [-0.25, -0.2) is 14.6 Å². The van der Waals surface area contributed by atoms with E-state index in [0.29, 0.717) is 73.3 Å². The number of carbonyl (C=O) groups excluding carboxylic acids is 1. The van der Waals surface area contributed by atoms with E-state index in [2.05, 4.69) is 20.5 Å². The number of fused-ring (bicyclic) bond motifs is 1. The van der Waals surface area contributed by atoms with Gasteiger partial charge in [-0.3, -0.25) is 4.79 Å². The first-order valence-electron chi connectivity index (χ1n) is 12.8. The first-order valence-corrected chi connectivity index (χ1v) is 12.8. The molecule has 0 saturated carbocycles. The molecule has 10 heteroatoms. The third kappa shape index (κ3) is 5.41. The summed E-state index contributed by atoms with van der Waals surface area (Å²) in [5.41, 5.74) is 4.48. The number of morpholine rings is 1. The molecule has 0 unspecified atom stereocenters. The van der Waals surface area contributed by atoms with Crippen LogP contribution in [0.25, 0.3) is 22.6 Å². The van der Waals surface area contributed by atoms with Crippen molar-refractivity contribution in [1.82, 2.24) is 30.3 Å². The van der Waals surface area contributed by atoms with E-state index in [-0.39, 0.29) is 11.7 Å². The van der Waals surface area contributed by atoms with Gasteiger partial charge in [-0.05, 0) is 35.4 Å². The molecule has 1 saturated heterocycles. The fourth-order valence-electron chi connectivity index (χ4n) is 4.53. The van der Waals surface area contributed by atoms with Gasteiger partial charge in [-0.1, -0.05) is 59.8 Å². The summed E-state index contributed by atoms with van der Waals surface area (Å²) in [7, 11) is 0. The van der Waals surface area contributed by atoms with Crippen molar-refractivity contribution < 1.29 is 14.6 Å². The highest BCUT2D eigenvalue weighted by Crippen LogP contribution is 2.28. The number of rotatable bonds is 7. The number of nitrogens with zero attached hydrogens (tertiary/aromatic N) is 6. The standard InChI is InChI=1S/C29H27N7O3/c37-24-8-4-7-23(17-24)26-31-27(35-13-15-39-16-14-35)25-28(32-26)36(34-33-25)19-21-9-11-22(12-10-21)29(38)30-18-20-5-2-1-3-6-20/h1-12,17,37H,13-16,18-19H2,(H,30,38). The van der Waals surface area contributed by atoms with Crippen molar-refractivity contribution in [3.05, 3.63) is 95.6 Å². The van der Waals surface area contributed by atoms with E-state index in [1.807, 2.05) is 48.5 Å². The quantitative estimate of drug-likeness (QED) is 0.335. The van der Waals surface area contributed by atoms with Crippen LogP contribution in [0.2, 0.25) is 0 Å². The van der Waals surface area contributed by atoms with Crippen molar-refractivity contribution in [2.75, 3.05) is 31.2 Å². The highest BCUT2D eigenvalue weighted by atomic mass is 16.5. The van der Waals surface area contributed by atoms with Crippen molar-refractivity contribution in [1.29, 1.82) is 0 Å². The van der Waals surface area contributed by atoms with Crippen LogP contribution in [-0.4, -0.2) is 62.3 Å². The molecule has 6 rings (SSSR count). The van der Waals surface area contributed by atoms with Crippen molar-refractivity contribution in [3.63, 3.8) is 0 Å². The Hall–Kier alpha value is -4.83. The topological polar surface area (TPSA) is 118 Å². The van der Waals surface area contributed by atoms with E-state index >= 15 is 0 Å². The molecule has 0 bridgehead atoms. The molecule has 0 spiro atoms. The Balaban J connectivity index is 1.27. The lowest BCUT2D eigenvalue weighted by Crippen LogP contribution is -2.37. The van der Waals surface area contributed by atoms with Gasteiger partial charge in [0.05, 0.1) is 19.8 Å². The maximum absolute atomic E-state index is 12.6. The predicted molar refractivity (Wildman–Crippen MR) is 146 cm³/mol. The lowest BCUT2D eigenvalue weighted by atomic mass is 10.1. The molecule has 196 valence electrons. The number of ether oxygens (including phenoxy) is 1. The summed E-state index contributed by atoms with van der Waals surface area (Å²) in [5, 5.41) is 21.8. The smallest absolute Gasteiger partial charge is 0.251 e. The number of phenolic OH excluding ortho intramolecular Hbond substituents is 1. The van der Waals surface area contributed by atoms with E-state index < -0.39 is 0 Å². The van der Waals surface area contributed by atoms with Gasteiger partial charge in [0, 0.05) is 30.8 Å². The number of hydrogen-bond donors (Lipinski definition) is 2. The van der Waals surface area contributed by atoms with Crippen molar-refractivity contribution in [3.8, 4) is 17.1 Å². The largest absolute Gasteiger partial charge is 0.508 e. The Morgan fingerprint density at radius 1 is 0.923 bits per heavy atom. The molecule has 1 amide bonds. The molecule has 0 atom stereocenters. The molecule has 1 aliphatic heterocycles. The van der Waals surface area contributed by atoms with Gasteiger partial charge >= 0.3 is 0 Å². The highest BCUT2D eigenvalue weighted by molar-refractivity contribution is 5.94. The fraction of sp³-hybridized carbons (Fsp3) is 0.207. The van der Waals surface area contributed by atoms with Crippen LogP contribution in [0.4, 0.5) is 5.82 Å². The molecular weight excluding hydrogens is 494 g/mol. The number of aromatic nitrogens is 5. The molecule has 0 radical (unpaired) electrons. The Bertz CT molecular complexity index is 1600. The van der Waals surface area contributed by atoms with Gasteiger partial charge in [-0.2, -0.15) is 0 Å². The number of hydrogen-bond acceptors (Lipinski definition) is 8. The summed E-state index contributed by atoms with van der Waals surface area (Å²) in [6, 6.07) is 24.1. The van der Waals surface area contributed by atoms with E-state index in [1.54, 1.807) is 35.0 Å². The molecule has 3 aromatic carbocycles. The van der Waals surface area contributed by atoms with Crippen LogP contribution in [-0.2, 0) is 17.8 Å². The van der Waals surface area contributed by atoms with Gasteiger partial charge < -0.3 is 20.1 Å². The second kappa shape index (κ2) is 10.9. The van der Waals surface area contributed by atoms with E-state index in [1.165, 1.54) is 0 Å². The van der Waals surface area contributed by atoms with Crippen LogP contribution >= 0.6 is 0 Å². The molecule has 39 heavy (non-hydrogen) atoms. The Morgan fingerprint density at radius 3 is 2.49 bits per heavy atom. The number of phenols is 1. The molecule has 1 aliphatic rings. The molecule has 10 nitrogen and oxygen atoms in total. The van der Waals surface area contributed by atoms with Crippen LogP contribution in [0.3, 0.4) is 0 Å². The number of amides is 1. The zero-order valence-electron chi connectivity index (χ0n) is 21.2. The second-order valence-electron chi connectivity index (χ2n) is 9.31. The van der Waals surface area contributed by atoms with Gasteiger partial charge in [0.2, 0.25) is 0 Å². The van der Waals surface area contributed by atoms with Crippen LogP contribution in [0.5, 0.6) is 5.75 Å². The van der Waals surface area contributed by atoms with Crippen LogP contribution < -0.4 is 10.2 Å². The van der Waals surface area contributed by atoms with Crippen LogP contribution in [0.1, 0.15) is 21.5 Å². The minimum absolute atomic E-state index is 0.129. The van der Waals surface area contributed by atoms with Crippen molar-refractivity contribution in [2.45, 2.75) is 13.1 Å². The first kappa shape index (κ1) is 24.5. The Labute approximate surface area is 224 Å². The Kier molecular flexibility index (Phi) is 6.84. The predicted octanol–water partition coefficient (Wildman–Crippen LogP) is 3.41. The summed E-state index contributed by atoms with van der Waals surface area (Å²) >= 11 is 0. The summed E-state index contributed by atoms with van der Waals surface area (Å²) in [6.45, 7) is 3.47. The number of carbonyl (C=O) groups is 1. The fourth-order valence-corrected chi connectivity index (χ4v) is 4.53. The molecule has 2 aromatic heterocycles. The minimum Gasteiger partial charge on any atom is -0.508 e. The van der Waals surface area contributed by atoms with Crippen LogP contribution in [0, 0.1) is 0 Å². The lowest BCUT2D eigenvalue weighted by molar-refractivity contribution is 0.0951. The molecule has 0 aliphatic carbocycles. The second-order valence-corrected chi connectivity index (χ2v) is 9.31. The maximum Gasteiger partial charge on any atom is 0.251 e. The molecule has 5 aromatic rings. The summed E-state index contributed by atoms with van der Waals surface area (Å²) in [6.07, 6.45) is 0. The zero-order valence-corrected chi connectivity index (χ0v) is 21.2. The van der Waals surface area contributed by atoms with Gasteiger partial charge in [0.15, 0.2) is 22.8 Å². The maximum atomic E-state index is 12.6. The van der Waals surface area contributed by atoms with Crippen molar-refractivity contribution >= 4 is 22.9 Å². The third-order valence-corrected chi connectivity index (χ3v) is 6.60.